The van der Waals surface area contributed by atoms with Crippen LogP contribution in [-0.4, -0.2) is 12.6 Å². The topological polar surface area (TPSA) is 38.0 Å². The Morgan fingerprint density at radius 1 is 1.19 bits per heavy atom. The van der Waals surface area contributed by atoms with Crippen molar-refractivity contribution >= 4 is 0 Å². The van der Waals surface area contributed by atoms with Crippen LogP contribution in [0.2, 0.25) is 0 Å². The second-order valence-electron chi connectivity index (χ2n) is 4.89. The molecule has 0 amide bonds. The van der Waals surface area contributed by atoms with Gasteiger partial charge in [0.25, 0.3) is 0 Å². The molecule has 16 heavy (non-hydrogen) atoms. The van der Waals surface area contributed by atoms with Crippen molar-refractivity contribution in [3.63, 3.8) is 0 Å². The number of hydrogen-bond donors (Lipinski definition) is 2. The zero-order valence-corrected chi connectivity index (χ0v) is 10.9. The van der Waals surface area contributed by atoms with E-state index in [4.69, 9.17) is 5.73 Å². The first-order valence-corrected chi connectivity index (χ1v) is 6.04. The van der Waals surface area contributed by atoms with E-state index >= 15 is 0 Å². The predicted octanol–water partition coefficient (Wildman–Crippen LogP) is 2.38. The fourth-order valence-corrected chi connectivity index (χ4v) is 1.75. The average molecular weight is 220 g/mol. The number of rotatable bonds is 5. The number of nitrogens with one attached hydrogen (secondary N) is 1. The third-order valence-electron chi connectivity index (χ3n) is 3.20. The number of nitrogens with two attached hydrogens (primary N) is 1. The van der Waals surface area contributed by atoms with Crippen molar-refractivity contribution in [2.24, 2.45) is 11.7 Å². The van der Waals surface area contributed by atoms with Gasteiger partial charge < -0.3 is 11.1 Å². The standard InChI is InChI=1S/C14H24N2/c1-10(2)14(8-15)16-9-13-6-5-11(3)12(4)7-13/h5-7,10,14,16H,8-9,15H2,1-4H3. The minimum atomic E-state index is 0.404. The molecule has 1 unspecified atom stereocenters. The highest BCUT2D eigenvalue weighted by molar-refractivity contribution is 5.29. The SMILES string of the molecule is Cc1ccc(CNC(CN)C(C)C)cc1C. The van der Waals surface area contributed by atoms with Crippen LogP contribution < -0.4 is 11.1 Å². The van der Waals surface area contributed by atoms with Gasteiger partial charge in [0.15, 0.2) is 0 Å². The molecular weight excluding hydrogens is 196 g/mol. The molecule has 1 atom stereocenters. The van der Waals surface area contributed by atoms with E-state index in [9.17, 15) is 0 Å². The lowest BCUT2D eigenvalue weighted by Crippen LogP contribution is -2.39. The number of benzene rings is 1. The van der Waals surface area contributed by atoms with Crippen molar-refractivity contribution in [2.45, 2.75) is 40.3 Å². The molecule has 0 aliphatic carbocycles. The van der Waals surface area contributed by atoms with Gasteiger partial charge in [0.2, 0.25) is 0 Å². The maximum absolute atomic E-state index is 5.73. The molecule has 1 rings (SSSR count). The van der Waals surface area contributed by atoms with E-state index in [0.717, 1.165) is 6.54 Å². The molecule has 0 saturated carbocycles. The van der Waals surface area contributed by atoms with Crippen molar-refractivity contribution in [1.29, 1.82) is 0 Å². The van der Waals surface area contributed by atoms with E-state index in [1.165, 1.54) is 16.7 Å². The van der Waals surface area contributed by atoms with Gasteiger partial charge in [-0.05, 0) is 36.5 Å². The van der Waals surface area contributed by atoms with Crippen molar-refractivity contribution in [3.8, 4) is 0 Å². The maximum Gasteiger partial charge on any atom is 0.0216 e. The molecule has 0 spiro atoms. The quantitative estimate of drug-likeness (QED) is 0.799. The van der Waals surface area contributed by atoms with Gasteiger partial charge in [0.1, 0.15) is 0 Å². The van der Waals surface area contributed by atoms with Gasteiger partial charge in [-0.25, -0.2) is 0 Å². The van der Waals surface area contributed by atoms with Crippen LogP contribution in [0.4, 0.5) is 0 Å². The molecule has 0 radical (unpaired) electrons. The summed E-state index contributed by atoms with van der Waals surface area (Å²) in [6, 6.07) is 7.01. The van der Waals surface area contributed by atoms with Crippen molar-refractivity contribution in [3.05, 3.63) is 34.9 Å². The molecule has 0 fully saturated rings. The Morgan fingerprint density at radius 2 is 1.88 bits per heavy atom. The van der Waals surface area contributed by atoms with E-state index in [1.54, 1.807) is 0 Å². The molecule has 90 valence electrons. The van der Waals surface area contributed by atoms with E-state index in [-0.39, 0.29) is 0 Å². The van der Waals surface area contributed by atoms with Crippen LogP contribution in [0.5, 0.6) is 0 Å². The maximum atomic E-state index is 5.73. The Bertz CT molecular complexity index is 332. The average Bonchev–Trinajstić information content (AvgIpc) is 2.23. The van der Waals surface area contributed by atoms with E-state index in [2.05, 4.69) is 51.2 Å². The third kappa shape index (κ3) is 3.62. The van der Waals surface area contributed by atoms with E-state index < -0.39 is 0 Å². The third-order valence-corrected chi connectivity index (χ3v) is 3.20. The van der Waals surface area contributed by atoms with Gasteiger partial charge in [-0.3, -0.25) is 0 Å². The molecule has 2 nitrogen and oxygen atoms in total. The Kier molecular flexibility index (Phi) is 4.97. The number of aryl methyl sites for hydroxylation is 2. The summed E-state index contributed by atoms with van der Waals surface area (Å²) in [7, 11) is 0. The number of hydrogen-bond acceptors (Lipinski definition) is 2. The largest absolute Gasteiger partial charge is 0.329 e. The fourth-order valence-electron chi connectivity index (χ4n) is 1.75. The Labute approximate surface area is 99.2 Å². The van der Waals surface area contributed by atoms with Gasteiger partial charge >= 0.3 is 0 Å². The summed E-state index contributed by atoms with van der Waals surface area (Å²) in [4.78, 5) is 0. The zero-order valence-electron chi connectivity index (χ0n) is 10.9. The molecule has 1 aromatic rings. The Balaban J connectivity index is 2.57. The molecular formula is C14H24N2. The molecule has 0 aliphatic heterocycles. The molecule has 1 aromatic carbocycles. The first kappa shape index (κ1) is 13.2. The van der Waals surface area contributed by atoms with Crippen LogP contribution >= 0.6 is 0 Å². The van der Waals surface area contributed by atoms with Crippen molar-refractivity contribution in [2.75, 3.05) is 6.54 Å². The van der Waals surface area contributed by atoms with Crippen LogP contribution in [0, 0.1) is 19.8 Å². The molecule has 0 aromatic heterocycles. The Hall–Kier alpha value is -0.860. The molecule has 2 heteroatoms. The summed E-state index contributed by atoms with van der Waals surface area (Å²) >= 11 is 0. The van der Waals surface area contributed by atoms with Crippen LogP contribution in [0.15, 0.2) is 18.2 Å². The first-order valence-electron chi connectivity index (χ1n) is 6.04. The lowest BCUT2D eigenvalue weighted by Gasteiger charge is -2.20. The summed E-state index contributed by atoms with van der Waals surface area (Å²) in [5, 5.41) is 3.51. The first-order chi connectivity index (χ1) is 7.54. The lowest BCUT2D eigenvalue weighted by atomic mass is 10.0. The second-order valence-corrected chi connectivity index (χ2v) is 4.89. The van der Waals surface area contributed by atoms with Gasteiger partial charge in [0.05, 0.1) is 0 Å². The zero-order chi connectivity index (χ0) is 12.1. The smallest absolute Gasteiger partial charge is 0.0216 e. The molecule has 0 heterocycles. The van der Waals surface area contributed by atoms with Crippen LogP contribution in [0.3, 0.4) is 0 Å². The highest BCUT2D eigenvalue weighted by atomic mass is 14.9. The molecule has 0 bridgehead atoms. The van der Waals surface area contributed by atoms with Crippen molar-refractivity contribution < 1.29 is 0 Å². The van der Waals surface area contributed by atoms with E-state index in [1.807, 2.05) is 0 Å². The van der Waals surface area contributed by atoms with E-state index in [0.29, 0.717) is 18.5 Å². The summed E-state index contributed by atoms with van der Waals surface area (Å²) in [6.07, 6.45) is 0. The Morgan fingerprint density at radius 3 is 2.38 bits per heavy atom. The predicted molar refractivity (Wildman–Crippen MR) is 70.4 cm³/mol. The van der Waals surface area contributed by atoms with Crippen LogP contribution in [0.1, 0.15) is 30.5 Å². The second kappa shape index (κ2) is 6.02. The molecule has 0 aliphatic rings. The van der Waals surface area contributed by atoms with Crippen molar-refractivity contribution in [1.82, 2.24) is 5.32 Å². The summed E-state index contributed by atoms with van der Waals surface area (Å²) in [5.41, 5.74) is 9.77. The fraction of sp³-hybridized carbons (Fsp3) is 0.571. The minimum absolute atomic E-state index is 0.404. The molecule has 0 saturated heterocycles. The van der Waals surface area contributed by atoms with Gasteiger partial charge in [0, 0.05) is 19.1 Å². The molecule has 3 N–H and O–H groups in total. The summed E-state index contributed by atoms with van der Waals surface area (Å²) in [5.74, 6) is 0.580. The van der Waals surface area contributed by atoms with Crippen LogP contribution in [-0.2, 0) is 6.54 Å². The highest BCUT2D eigenvalue weighted by Crippen LogP contribution is 2.10. The summed E-state index contributed by atoms with van der Waals surface area (Å²) in [6.45, 7) is 10.3. The van der Waals surface area contributed by atoms with Crippen LogP contribution in [0.25, 0.3) is 0 Å². The van der Waals surface area contributed by atoms with Gasteiger partial charge in [-0.2, -0.15) is 0 Å². The minimum Gasteiger partial charge on any atom is -0.329 e. The lowest BCUT2D eigenvalue weighted by molar-refractivity contribution is 0.405. The monoisotopic (exact) mass is 220 g/mol. The van der Waals surface area contributed by atoms with Gasteiger partial charge in [-0.15, -0.1) is 0 Å². The highest BCUT2D eigenvalue weighted by Gasteiger charge is 2.10. The van der Waals surface area contributed by atoms with Gasteiger partial charge in [-0.1, -0.05) is 32.0 Å². The summed E-state index contributed by atoms with van der Waals surface area (Å²) < 4.78 is 0. The normalized spacial score (nSPS) is 13.1.